The molecular formula is C20H21N3OS. The van der Waals surface area contributed by atoms with Crippen molar-refractivity contribution in [3.63, 3.8) is 0 Å². The second-order valence-electron chi connectivity index (χ2n) is 6.10. The summed E-state index contributed by atoms with van der Waals surface area (Å²) in [6, 6.07) is 11.9. The molecule has 0 saturated carbocycles. The van der Waals surface area contributed by atoms with E-state index < -0.39 is 0 Å². The number of carbonyl (C=O) groups is 1. The van der Waals surface area contributed by atoms with Crippen molar-refractivity contribution >= 4 is 17.2 Å². The molecule has 1 unspecified atom stereocenters. The fourth-order valence-corrected chi connectivity index (χ4v) is 3.61. The van der Waals surface area contributed by atoms with Crippen molar-refractivity contribution in [1.29, 1.82) is 0 Å². The summed E-state index contributed by atoms with van der Waals surface area (Å²) in [6.07, 6.45) is 3.79. The number of aryl methyl sites for hydroxylation is 3. The summed E-state index contributed by atoms with van der Waals surface area (Å²) >= 11 is 1.63. The minimum absolute atomic E-state index is 0.0317. The maximum atomic E-state index is 12.6. The maximum Gasteiger partial charge on any atom is 0.226 e. The van der Waals surface area contributed by atoms with E-state index in [2.05, 4.69) is 46.5 Å². The second kappa shape index (κ2) is 7.57. The van der Waals surface area contributed by atoms with E-state index in [0.29, 0.717) is 6.42 Å². The minimum Gasteiger partial charge on any atom is -0.345 e. The molecule has 25 heavy (non-hydrogen) atoms. The molecule has 1 aromatic carbocycles. The van der Waals surface area contributed by atoms with E-state index in [1.165, 1.54) is 5.56 Å². The number of aromatic nitrogens is 2. The summed E-state index contributed by atoms with van der Waals surface area (Å²) in [5, 5.41) is 4.14. The van der Waals surface area contributed by atoms with Crippen LogP contribution in [0, 0.1) is 20.8 Å². The van der Waals surface area contributed by atoms with Crippen molar-refractivity contribution in [2.24, 2.45) is 0 Å². The molecule has 0 saturated heterocycles. The Morgan fingerprint density at radius 1 is 1.04 bits per heavy atom. The highest BCUT2D eigenvalue weighted by Gasteiger charge is 2.18. The Hall–Kier alpha value is -2.53. The van der Waals surface area contributed by atoms with Crippen molar-refractivity contribution in [1.82, 2.24) is 15.3 Å². The number of pyridine rings is 1. The Kier molecular flexibility index (Phi) is 5.24. The molecule has 1 N–H and O–H groups in total. The molecule has 5 heteroatoms. The predicted molar refractivity (Wildman–Crippen MR) is 101 cm³/mol. The molecule has 0 spiro atoms. The molecule has 0 aliphatic heterocycles. The quantitative estimate of drug-likeness (QED) is 0.758. The van der Waals surface area contributed by atoms with Crippen molar-refractivity contribution in [3.8, 4) is 0 Å². The van der Waals surface area contributed by atoms with Gasteiger partial charge in [-0.3, -0.25) is 9.78 Å². The number of nitrogens with one attached hydrogen (secondary N) is 1. The topological polar surface area (TPSA) is 54.9 Å². The number of hydrogen-bond donors (Lipinski definition) is 1. The first-order chi connectivity index (χ1) is 12.0. The van der Waals surface area contributed by atoms with E-state index in [0.717, 1.165) is 26.7 Å². The minimum atomic E-state index is -0.198. The molecule has 0 aliphatic carbocycles. The highest BCUT2D eigenvalue weighted by molar-refractivity contribution is 7.11. The van der Waals surface area contributed by atoms with E-state index in [1.807, 2.05) is 26.0 Å². The van der Waals surface area contributed by atoms with E-state index in [4.69, 9.17) is 0 Å². The van der Waals surface area contributed by atoms with Crippen molar-refractivity contribution < 1.29 is 4.79 Å². The average Bonchev–Trinajstić information content (AvgIpc) is 2.91. The Balaban J connectivity index is 1.83. The molecule has 128 valence electrons. The van der Waals surface area contributed by atoms with Crippen molar-refractivity contribution in [2.75, 3.05) is 0 Å². The van der Waals surface area contributed by atoms with Crippen LogP contribution >= 0.6 is 11.3 Å². The van der Waals surface area contributed by atoms with E-state index in [-0.39, 0.29) is 11.9 Å². The fourth-order valence-electron chi connectivity index (χ4n) is 2.77. The van der Waals surface area contributed by atoms with Gasteiger partial charge >= 0.3 is 0 Å². The molecular weight excluding hydrogens is 330 g/mol. The van der Waals surface area contributed by atoms with Crippen LogP contribution in [0.2, 0.25) is 0 Å². The highest BCUT2D eigenvalue weighted by atomic mass is 32.1. The van der Waals surface area contributed by atoms with Crippen LogP contribution in [0.15, 0.2) is 48.8 Å². The van der Waals surface area contributed by atoms with E-state index in [9.17, 15) is 4.79 Å². The number of hydrogen-bond acceptors (Lipinski definition) is 4. The molecule has 3 rings (SSSR count). The molecule has 0 bridgehead atoms. The van der Waals surface area contributed by atoms with Gasteiger partial charge in [0.1, 0.15) is 0 Å². The molecule has 2 aromatic heterocycles. The van der Waals surface area contributed by atoms with Crippen LogP contribution in [0.5, 0.6) is 0 Å². The predicted octanol–water partition coefficient (Wildman–Crippen LogP) is 3.91. The van der Waals surface area contributed by atoms with Crippen LogP contribution < -0.4 is 5.32 Å². The number of rotatable bonds is 5. The molecule has 1 amide bonds. The monoisotopic (exact) mass is 351 g/mol. The van der Waals surface area contributed by atoms with E-state index in [1.54, 1.807) is 23.7 Å². The van der Waals surface area contributed by atoms with Crippen LogP contribution in [-0.2, 0) is 11.2 Å². The van der Waals surface area contributed by atoms with Gasteiger partial charge in [-0.25, -0.2) is 4.98 Å². The first-order valence-electron chi connectivity index (χ1n) is 8.21. The van der Waals surface area contributed by atoms with Gasteiger partial charge in [0.15, 0.2) is 0 Å². The van der Waals surface area contributed by atoms with Crippen LogP contribution in [0.3, 0.4) is 0 Å². The summed E-state index contributed by atoms with van der Waals surface area (Å²) in [7, 11) is 0. The zero-order valence-electron chi connectivity index (χ0n) is 14.6. The third kappa shape index (κ3) is 4.31. The van der Waals surface area contributed by atoms with Gasteiger partial charge in [-0.2, -0.15) is 0 Å². The normalized spacial score (nSPS) is 12.0. The van der Waals surface area contributed by atoms with Crippen LogP contribution in [0.1, 0.15) is 38.3 Å². The van der Waals surface area contributed by atoms with Crippen LogP contribution in [0.4, 0.5) is 0 Å². The summed E-state index contributed by atoms with van der Waals surface area (Å²) in [6.45, 7) is 6.02. The van der Waals surface area contributed by atoms with Gasteiger partial charge in [-0.1, -0.05) is 29.8 Å². The van der Waals surface area contributed by atoms with Crippen molar-refractivity contribution in [2.45, 2.75) is 33.2 Å². The SMILES string of the molecule is Cc1ccc(C(NC(=O)Cc2nc(C)sc2C)c2ccncc2)cc1. The summed E-state index contributed by atoms with van der Waals surface area (Å²) in [5.41, 5.74) is 4.12. The number of carbonyl (C=O) groups excluding carboxylic acids is 1. The maximum absolute atomic E-state index is 12.6. The Labute approximate surface area is 152 Å². The van der Waals surface area contributed by atoms with Crippen molar-refractivity contribution in [3.05, 3.63) is 81.1 Å². The third-order valence-electron chi connectivity index (χ3n) is 4.08. The second-order valence-corrected chi connectivity index (χ2v) is 7.51. The van der Waals surface area contributed by atoms with Gasteiger partial charge in [-0.15, -0.1) is 11.3 Å². The summed E-state index contributed by atoms with van der Waals surface area (Å²) < 4.78 is 0. The molecule has 1 atom stereocenters. The number of thiazole rings is 1. The van der Waals surface area contributed by atoms with E-state index >= 15 is 0 Å². The molecule has 2 heterocycles. The molecule has 3 aromatic rings. The first-order valence-corrected chi connectivity index (χ1v) is 9.03. The van der Waals surface area contributed by atoms with Gasteiger partial charge < -0.3 is 5.32 Å². The zero-order valence-corrected chi connectivity index (χ0v) is 15.4. The summed E-state index contributed by atoms with van der Waals surface area (Å²) in [4.78, 5) is 22.3. The molecule has 4 nitrogen and oxygen atoms in total. The Morgan fingerprint density at radius 2 is 1.68 bits per heavy atom. The lowest BCUT2D eigenvalue weighted by Gasteiger charge is -2.20. The first kappa shape index (κ1) is 17.3. The Bertz CT molecular complexity index is 856. The largest absolute Gasteiger partial charge is 0.345 e. The number of benzene rings is 1. The summed E-state index contributed by atoms with van der Waals surface area (Å²) in [5.74, 6) is -0.0317. The number of nitrogens with zero attached hydrogens (tertiary/aromatic N) is 2. The smallest absolute Gasteiger partial charge is 0.226 e. The van der Waals surface area contributed by atoms with Gasteiger partial charge in [0.05, 0.1) is 23.2 Å². The molecule has 0 fully saturated rings. The molecule has 0 aliphatic rings. The zero-order chi connectivity index (χ0) is 17.8. The van der Waals surface area contributed by atoms with Gasteiger partial charge in [-0.05, 0) is 44.0 Å². The standard InChI is InChI=1S/C20H21N3OS/c1-13-4-6-16(7-5-13)20(17-8-10-21-11-9-17)23-19(24)12-18-14(2)25-15(3)22-18/h4-11,20H,12H2,1-3H3,(H,23,24). The Morgan fingerprint density at radius 3 is 2.28 bits per heavy atom. The number of amides is 1. The van der Waals surface area contributed by atoms with Gasteiger partial charge in [0.2, 0.25) is 5.91 Å². The highest BCUT2D eigenvalue weighted by Crippen LogP contribution is 2.23. The molecule has 0 radical (unpaired) electrons. The van der Waals surface area contributed by atoms with Crippen LogP contribution in [-0.4, -0.2) is 15.9 Å². The fraction of sp³-hybridized carbons (Fsp3) is 0.250. The lowest BCUT2D eigenvalue weighted by Crippen LogP contribution is -2.30. The lowest BCUT2D eigenvalue weighted by molar-refractivity contribution is -0.121. The lowest BCUT2D eigenvalue weighted by atomic mass is 9.98. The van der Waals surface area contributed by atoms with Crippen LogP contribution in [0.25, 0.3) is 0 Å². The average molecular weight is 351 g/mol. The van der Waals surface area contributed by atoms with Gasteiger partial charge in [0, 0.05) is 17.3 Å². The van der Waals surface area contributed by atoms with Gasteiger partial charge in [0.25, 0.3) is 0 Å². The third-order valence-corrected chi connectivity index (χ3v) is 5.01.